The van der Waals surface area contributed by atoms with Crippen molar-refractivity contribution in [2.75, 3.05) is 5.32 Å². The molecular weight excluding hydrogens is 361 g/mol. The summed E-state index contributed by atoms with van der Waals surface area (Å²) < 4.78 is 38.3. The van der Waals surface area contributed by atoms with Gasteiger partial charge in [0, 0.05) is 23.9 Å². The van der Waals surface area contributed by atoms with Crippen molar-refractivity contribution >= 4 is 35.0 Å². The average molecular weight is 371 g/mol. The summed E-state index contributed by atoms with van der Waals surface area (Å²) in [5.41, 5.74) is -0.684. The van der Waals surface area contributed by atoms with E-state index in [-0.39, 0.29) is 11.4 Å². The van der Waals surface area contributed by atoms with Crippen LogP contribution >= 0.6 is 11.6 Å². The Morgan fingerprint density at radius 3 is 2.36 bits per heavy atom. The predicted octanol–water partition coefficient (Wildman–Crippen LogP) is 4.92. The molecule has 130 valence electrons. The van der Waals surface area contributed by atoms with Crippen molar-refractivity contribution in [3.8, 4) is 0 Å². The van der Waals surface area contributed by atoms with Gasteiger partial charge in [-0.05, 0) is 42.0 Å². The minimum Gasteiger partial charge on any atom is -0.322 e. The highest BCUT2D eigenvalue weighted by molar-refractivity contribution is 6.31. The maximum Gasteiger partial charge on any atom is 0.417 e. The van der Waals surface area contributed by atoms with Crippen LogP contribution < -0.4 is 5.32 Å². The first-order valence-corrected chi connectivity index (χ1v) is 7.15. The molecule has 0 aliphatic heterocycles. The molecule has 2 rings (SSSR count). The molecule has 1 amide bonds. The minimum atomic E-state index is -4.63. The zero-order valence-corrected chi connectivity index (χ0v) is 13.1. The van der Waals surface area contributed by atoms with E-state index in [0.717, 1.165) is 18.2 Å². The van der Waals surface area contributed by atoms with Crippen molar-refractivity contribution in [3.05, 3.63) is 74.8 Å². The smallest absolute Gasteiger partial charge is 0.322 e. The van der Waals surface area contributed by atoms with E-state index in [1.54, 1.807) is 0 Å². The number of carbonyl (C=O) groups is 1. The lowest BCUT2D eigenvalue weighted by Gasteiger charge is -2.11. The molecule has 9 heteroatoms. The molecule has 0 aliphatic carbocycles. The molecule has 0 spiro atoms. The minimum absolute atomic E-state index is 0.0601. The Kier molecular flexibility index (Phi) is 5.43. The van der Waals surface area contributed by atoms with Crippen LogP contribution in [0.1, 0.15) is 11.1 Å². The van der Waals surface area contributed by atoms with E-state index in [2.05, 4.69) is 5.32 Å². The van der Waals surface area contributed by atoms with E-state index < -0.39 is 27.6 Å². The van der Waals surface area contributed by atoms with Gasteiger partial charge in [-0.3, -0.25) is 14.9 Å². The summed E-state index contributed by atoms with van der Waals surface area (Å²) in [6.07, 6.45) is -2.16. The third-order valence-corrected chi connectivity index (χ3v) is 3.40. The Morgan fingerprint density at radius 1 is 1.16 bits per heavy atom. The molecule has 0 atom stereocenters. The Morgan fingerprint density at radius 2 is 1.80 bits per heavy atom. The van der Waals surface area contributed by atoms with Crippen LogP contribution in [0.3, 0.4) is 0 Å². The summed E-state index contributed by atoms with van der Waals surface area (Å²) in [7, 11) is 0. The van der Waals surface area contributed by atoms with E-state index in [0.29, 0.717) is 5.56 Å². The lowest BCUT2D eigenvalue weighted by atomic mass is 10.2. The normalized spacial score (nSPS) is 11.5. The number of non-ortho nitro benzene ring substituents is 1. The Balaban J connectivity index is 2.08. The SMILES string of the molecule is O=C(/C=C/c1ccc([N+](=O)[O-])cc1)Nc1ccc(Cl)c(C(F)(F)F)c1. The number of carbonyl (C=O) groups excluding carboxylic acids is 1. The molecule has 0 unspecified atom stereocenters. The van der Waals surface area contributed by atoms with E-state index in [1.165, 1.54) is 36.4 Å². The number of nitrogens with zero attached hydrogens (tertiary/aromatic N) is 1. The van der Waals surface area contributed by atoms with Gasteiger partial charge in [0.2, 0.25) is 5.91 Å². The molecule has 0 heterocycles. The van der Waals surface area contributed by atoms with Gasteiger partial charge in [0.05, 0.1) is 15.5 Å². The van der Waals surface area contributed by atoms with Crippen LogP contribution in [0.5, 0.6) is 0 Å². The van der Waals surface area contributed by atoms with Gasteiger partial charge in [-0.1, -0.05) is 11.6 Å². The van der Waals surface area contributed by atoms with Crippen molar-refractivity contribution in [1.29, 1.82) is 0 Å². The van der Waals surface area contributed by atoms with Gasteiger partial charge >= 0.3 is 6.18 Å². The highest BCUT2D eigenvalue weighted by Crippen LogP contribution is 2.36. The lowest BCUT2D eigenvalue weighted by molar-refractivity contribution is -0.384. The third-order valence-electron chi connectivity index (χ3n) is 3.07. The molecule has 0 aliphatic rings. The van der Waals surface area contributed by atoms with Crippen molar-refractivity contribution in [2.45, 2.75) is 6.18 Å². The lowest BCUT2D eigenvalue weighted by Crippen LogP contribution is -2.11. The monoisotopic (exact) mass is 370 g/mol. The maximum atomic E-state index is 12.8. The Bertz CT molecular complexity index is 834. The van der Waals surface area contributed by atoms with Crippen molar-refractivity contribution in [3.63, 3.8) is 0 Å². The quantitative estimate of drug-likeness (QED) is 0.471. The fourth-order valence-corrected chi connectivity index (χ4v) is 2.11. The molecule has 0 bridgehead atoms. The van der Waals surface area contributed by atoms with Gasteiger partial charge in [-0.2, -0.15) is 13.2 Å². The largest absolute Gasteiger partial charge is 0.417 e. The number of anilines is 1. The van der Waals surface area contributed by atoms with Crippen molar-refractivity contribution in [1.82, 2.24) is 0 Å². The van der Waals surface area contributed by atoms with Gasteiger partial charge in [0.15, 0.2) is 0 Å². The summed E-state index contributed by atoms with van der Waals surface area (Å²) in [5.74, 6) is -0.659. The van der Waals surface area contributed by atoms with Crippen LogP contribution in [-0.4, -0.2) is 10.8 Å². The summed E-state index contributed by atoms with van der Waals surface area (Å²) in [6.45, 7) is 0. The van der Waals surface area contributed by atoms with Gasteiger partial charge in [0.25, 0.3) is 5.69 Å². The fraction of sp³-hybridized carbons (Fsp3) is 0.0625. The first-order valence-electron chi connectivity index (χ1n) is 6.77. The van der Waals surface area contributed by atoms with Crippen LogP contribution in [-0.2, 0) is 11.0 Å². The number of halogens is 4. The van der Waals surface area contributed by atoms with E-state index in [1.807, 2.05) is 0 Å². The number of nitro groups is 1. The van der Waals surface area contributed by atoms with Crippen LogP contribution in [0.4, 0.5) is 24.5 Å². The second-order valence-corrected chi connectivity index (χ2v) is 5.27. The molecule has 0 saturated heterocycles. The average Bonchev–Trinajstić information content (AvgIpc) is 2.54. The fourth-order valence-electron chi connectivity index (χ4n) is 1.88. The number of rotatable bonds is 4. The number of alkyl halides is 3. The summed E-state index contributed by atoms with van der Waals surface area (Å²) in [5, 5.41) is 12.4. The number of amides is 1. The van der Waals surface area contributed by atoms with Crippen LogP contribution in [0.2, 0.25) is 5.02 Å². The second kappa shape index (κ2) is 7.35. The molecule has 0 fully saturated rings. The molecule has 0 saturated carbocycles. The zero-order chi connectivity index (χ0) is 18.6. The maximum absolute atomic E-state index is 12.8. The Hall–Kier alpha value is -2.87. The third kappa shape index (κ3) is 5.05. The zero-order valence-electron chi connectivity index (χ0n) is 12.4. The second-order valence-electron chi connectivity index (χ2n) is 4.86. The first kappa shape index (κ1) is 18.5. The standard InChI is InChI=1S/C16H10ClF3N2O3/c17-14-7-4-11(9-13(14)16(18,19)20)21-15(23)8-3-10-1-5-12(6-2-10)22(24)25/h1-9H,(H,21,23)/b8-3+. The number of hydrogen-bond donors (Lipinski definition) is 1. The molecule has 0 aromatic heterocycles. The highest BCUT2D eigenvalue weighted by atomic mass is 35.5. The van der Waals surface area contributed by atoms with Gasteiger partial charge in [-0.25, -0.2) is 0 Å². The van der Waals surface area contributed by atoms with E-state index in [9.17, 15) is 28.1 Å². The van der Waals surface area contributed by atoms with Crippen LogP contribution in [0.15, 0.2) is 48.5 Å². The first-order chi connectivity index (χ1) is 11.7. The number of nitro benzene ring substituents is 1. The van der Waals surface area contributed by atoms with Crippen molar-refractivity contribution in [2.24, 2.45) is 0 Å². The van der Waals surface area contributed by atoms with Crippen LogP contribution in [0, 0.1) is 10.1 Å². The number of benzene rings is 2. The topological polar surface area (TPSA) is 72.2 Å². The molecule has 2 aromatic rings. The van der Waals surface area contributed by atoms with Crippen molar-refractivity contribution < 1.29 is 22.9 Å². The van der Waals surface area contributed by atoms with Gasteiger partial charge in [0.1, 0.15) is 0 Å². The molecular formula is C16H10ClF3N2O3. The molecule has 25 heavy (non-hydrogen) atoms. The van der Waals surface area contributed by atoms with E-state index in [4.69, 9.17) is 11.6 Å². The highest BCUT2D eigenvalue weighted by Gasteiger charge is 2.33. The van der Waals surface area contributed by atoms with Crippen LogP contribution in [0.25, 0.3) is 6.08 Å². The number of nitrogens with one attached hydrogen (secondary N) is 1. The summed E-state index contributed by atoms with van der Waals surface area (Å²) in [4.78, 5) is 21.8. The summed E-state index contributed by atoms with van der Waals surface area (Å²) in [6, 6.07) is 8.44. The van der Waals surface area contributed by atoms with E-state index >= 15 is 0 Å². The molecule has 1 N–H and O–H groups in total. The van der Waals surface area contributed by atoms with Gasteiger partial charge in [-0.15, -0.1) is 0 Å². The molecule has 5 nitrogen and oxygen atoms in total. The molecule has 0 radical (unpaired) electrons. The predicted molar refractivity (Wildman–Crippen MR) is 87.2 cm³/mol. The summed E-state index contributed by atoms with van der Waals surface area (Å²) >= 11 is 5.50. The molecule has 2 aromatic carbocycles. The number of hydrogen-bond acceptors (Lipinski definition) is 3. The Labute approximate surface area is 144 Å². The van der Waals surface area contributed by atoms with Gasteiger partial charge < -0.3 is 5.32 Å².